The number of Topliss-reactive ketones (excluding diaryl/α,β-unsaturated/α-hetero) is 1. The molecule has 0 aliphatic rings. The van der Waals surface area contributed by atoms with Crippen molar-refractivity contribution in [1.29, 1.82) is 0 Å². The molecule has 2 N–H and O–H groups in total. The fourth-order valence-corrected chi connectivity index (χ4v) is 1.12. The standard InChI is InChI=1S/C10H13N3O3/c1-7(14)3-2-4-11-9-5-8(10(15)16)12-6-13-9/h5-6H,2-4H2,1H3,(H,15,16)(H,11,12,13). The second-order valence-corrected chi connectivity index (χ2v) is 3.33. The quantitative estimate of drug-likeness (QED) is 0.698. The van der Waals surface area contributed by atoms with E-state index in [9.17, 15) is 9.59 Å². The molecule has 0 fully saturated rings. The van der Waals surface area contributed by atoms with Crippen LogP contribution in [0.4, 0.5) is 5.82 Å². The van der Waals surface area contributed by atoms with E-state index in [1.54, 1.807) is 0 Å². The van der Waals surface area contributed by atoms with E-state index in [2.05, 4.69) is 15.3 Å². The lowest BCUT2D eigenvalue weighted by atomic mass is 10.2. The van der Waals surface area contributed by atoms with Gasteiger partial charge in [-0.2, -0.15) is 0 Å². The normalized spacial score (nSPS) is 9.81. The van der Waals surface area contributed by atoms with Crippen molar-refractivity contribution in [2.24, 2.45) is 0 Å². The van der Waals surface area contributed by atoms with Crippen LogP contribution in [-0.4, -0.2) is 33.4 Å². The summed E-state index contributed by atoms with van der Waals surface area (Å²) in [5.74, 6) is -0.499. The van der Waals surface area contributed by atoms with Crippen molar-refractivity contribution >= 4 is 17.6 Å². The number of carboxylic acid groups (broad SMARTS) is 1. The summed E-state index contributed by atoms with van der Waals surface area (Å²) in [4.78, 5) is 28.7. The smallest absolute Gasteiger partial charge is 0.354 e. The summed E-state index contributed by atoms with van der Waals surface area (Å²) >= 11 is 0. The molecule has 0 aromatic carbocycles. The molecule has 0 bridgehead atoms. The summed E-state index contributed by atoms with van der Waals surface area (Å²) < 4.78 is 0. The number of hydrogen-bond acceptors (Lipinski definition) is 5. The third-order valence-electron chi connectivity index (χ3n) is 1.90. The molecule has 0 aliphatic heterocycles. The summed E-state index contributed by atoms with van der Waals surface area (Å²) in [5.41, 5.74) is -0.0518. The number of aromatic carboxylic acids is 1. The molecule has 0 unspecified atom stereocenters. The molecule has 0 atom stereocenters. The Morgan fingerprint density at radius 2 is 2.19 bits per heavy atom. The lowest BCUT2D eigenvalue weighted by Crippen LogP contribution is -2.07. The molecule has 0 saturated carbocycles. The zero-order valence-corrected chi connectivity index (χ0v) is 8.93. The molecule has 0 radical (unpaired) electrons. The third kappa shape index (κ3) is 4.04. The van der Waals surface area contributed by atoms with Crippen molar-refractivity contribution < 1.29 is 14.7 Å². The Kier molecular flexibility index (Phi) is 4.38. The van der Waals surface area contributed by atoms with Gasteiger partial charge in [0.1, 0.15) is 17.9 Å². The molecule has 1 rings (SSSR count). The van der Waals surface area contributed by atoms with E-state index in [-0.39, 0.29) is 11.5 Å². The number of nitrogens with zero attached hydrogens (tertiary/aromatic N) is 2. The number of carboxylic acids is 1. The van der Waals surface area contributed by atoms with Crippen molar-refractivity contribution in [2.45, 2.75) is 19.8 Å². The van der Waals surface area contributed by atoms with Gasteiger partial charge in [0.05, 0.1) is 0 Å². The Morgan fingerprint density at radius 3 is 2.81 bits per heavy atom. The number of aromatic nitrogens is 2. The lowest BCUT2D eigenvalue weighted by molar-refractivity contribution is -0.117. The van der Waals surface area contributed by atoms with Crippen LogP contribution < -0.4 is 5.32 Å². The molecule has 0 aliphatic carbocycles. The number of carbonyl (C=O) groups excluding carboxylic acids is 1. The van der Waals surface area contributed by atoms with Crippen LogP contribution in [0.5, 0.6) is 0 Å². The Morgan fingerprint density at radius 1 is 1.44 bits per heavy atom. The lowest BCUT2D eigenvalue weighted by Gasteiger charge is -2.04. The zero-order valence-electron chi connectivity index (χ0n) is 8.93. The maximum Gasteiger partial charge on any atom is 0.354 e. The number of nitrogens with one attached hydrogen (secondary N) is 1. The number of ketones is 1. The van der Waals surface area contributed by atoms with Crippen molar-refractivity contribution in [3.63, 3.8) is 0 Å². The van der Waals surface area contributed by atoms with Crippen molar-refractivity contribution in [3.8, 4) is 0 Å². The molecule has 1 heterocycles. The molecule has 86 valence electrons. The highest BCUT2D eigenvalue weighted by Gasteiger charge is 2.05. The fraction of sp³-hybridized carbons (Fsp3) is 0.400. The van der Waals surface area contributed by atoms with Crippen LogP contribution >= 0.6 is 0 Å². The van der Waals surface area contributed by atoms with Gasteiger partial charge in [0.2, 0.25) is 0 Å². The maximum atomic E-state index is 10.7. The molecule has 6 heteroatoms. The van der Waals surface area contributed by atoms with E-state index >= 15 is 0 Å². The first-order valence-corrected chi connectivity index (χ1v) is 4.88. The molecule has 1 aromatic rings. The van der Waals surface area contributed by atoms with Crippen LogP contribution in [0.15, 0.2) is 12.4 Å². The summed E-state index contributed by atoms with van der Waals surface area (Å²) in [7, 11) is 0. The minimum Gasteiger partial charge on any atom is -0.477 e. The largest absolute Gasteiger partial charge is 0.477 e. The third-order valence-corrected chi connectivity index (χ3v) is 1.90. The average Bonchev–Trinajstić information content (AvgIpc) is 2.24. The molecule has 1 aromatic heterocycles. The molecule has 6 nitrogen and oxygen atoms in total. The summed E-state index contributed by atoms with van der Waals surface area (Å²) in [6, 6.07) is 1.36. The summed E-state index contributed by atoms with van der Waals surface area (Å²) in [5, 5.41) is 11.6. The first-order chi connectivity index (χ1) is 7.59. The monoisotopic (exact) mass is 223 g/mol. The molecular formula is C10H13N3O3. The Labute approximate surface area is 92.7 Å². The minimum atomic E-state index is -1.09. The van der Waals surface area contributed by atoms with Gasteiger partial charge in [0.15, 0.2) is 5.69 Å². The van der Waals surface area contributed by atoms with E-state index in [1.807, 2.05) is 0 Å². The van der Waals surface area contributed by atoms with Gasteiger partial charge in [0.25, 0.3) is 0 Å². The predicted molar refractivity (Wildman–Crippen MR) is 57.4 cm³/mol. The molecule has 0 amide bonds. The summed E-state index contributed by atoms with van der Waals surface area (Å²) in [6.07, 6.45) is 2.39. The van der Waals surface area contributed by atoms with Crippen LogP contribution in [0.2, 0.25) is 0 Å². The highest BCUT2D eigenvalue weighted by Crippen LogP contribution is 2.04. The van der Waals surface area contributed by atoms with Crippen LogP contribution in [0.3, 0.4) is 0 Å². The number of carbonyl (C=O) groups is 2. The average molecular weight is 223 g/mol. The van der Waals surface area contributed by atoms with E-state index in [4.69, 9.17) is 5.11 Å². The Bertz CT molecular complexity index is 393. The van der Waals surface area contributed by atoms with E-state index in [0.29, 0.717) is 25.2 Å². The first-order valence-electron chi connectivity index (χ1n) is 4.88. The number of rotatable bonds is 6. The fourth-order valence-electron chi connectivity index (χ4n) is 1.12. The zero-order chi connectivity index (χ0) is 12.0. The number of anilines is 1. The topological polar surface area (TPSA) is 92.2 Å². The van der Waals surface area contributed by atoms with E-state index < -0.39 is 5.97 Å². The van der Waals surface area contributed by atoms with Gasteiger partial charge in [-0.3, -0.25) is 0 Å². The highest BCUT2D eigenvalue weighted by molar-refractivity contribution is 5.86. The molecule has 16 heavy (non-hydrogen) atoms. The van der Waals surface area contributed by atoms with Gasteiger partial charge in [0, 0.05) is 19.0 Å². The predicted octanol–water partition coefficient (Wildman–Crippen LogP) is 0.956. The number of hydrogen-bond donors (Lipinski definition) is 2. The van der Waals surface area contributed by atoms with Gasteiger partial charge in [-0.15, -0.1) is 0 Å². The summed E-state index contributed by atoms with van der Waals surface area (Å²) in [6.45, 7) is 2.11. The van der Waals surface area contributed by atoms with Crippen LogP contribution in [0, 0.1) is 0 Å². The minimum absolute atomic E-state index is 0.0518. The van der Waals surface area contributed by atoms with Gasteiger partial charge >= 0.3 is 5.97 Å². The van der Waals surface area contributed by atoms with Gasteiger partial charge in [-0.25, -0.2) is 14.8 Å². The maximum absolute atomic E-state index is 10.7. The van der Waals surface area contributed by atoms with Gasteiger partial charge in [-0.1, -0.05) is 0 Å². The molecular weight excluding hydrogens is 210 g/mol. The SMILES string of the molecule is CC(=O)CCCNc1cc(C(=O)O)ncn1. The van der Waals surface area contributed by atoms with Crippen molar-refractivity contribution in [3.05, 3.63) is 18.1 Å². The molecule has 0 spiro atoms. The van der Waals surface area contributed by atoms with Gasteiger partial charge < -0.3 is 15.2 Å². The van der Waals surface area contributed by atoms with Crippen LogP contribution in [0.1, 0.15) is 30.3 Å². The van der Waals surface area contributed by atoms with Crippen LogP contribution in [0.25, 0.3) is 0 Å². The molecule has 0 saturated heterocycles. The van der Waals surface area contributed by atoms with Crippen molar-refractivity contribution in [1.82, 2.24) is 9.97 Å². The van der Waals surface area contributed by atoms with E-state index in [1.165, 1.54) is 19.3 Å². The van der Waals surface area contributed by atoms with Gasteiger partial charge in [-0.05, 0) is 13.3 Å². The van der Waals surface area contributed by atoms with Crippen molar-refractivity contribution in [2.75, 3.05) is 11.9 Å². The van der Waals surface area contributed by atoms with Crippen LogP contribution in [-0.2, 0) is 4.79 Å². The second-order valence-electron chi connectivity index (χ2n) is 3.33. The second kappa shape index (κ2) is 5.79. The van der Waals surface area contributed by atoms with E-state index in [0.717, 1.165) is 0 Å². The first kappa shape index (κ1) is 12.1. The highest BCUT2D eigenvalue weighted by atomic mass is 16.4. The Hall–Kier alpha value is -1.98. The Balaban J connectivity index is 2.45.